The zero-order valence-electron chi connectivity index (χ0n) is 11.8. The van der Waals surface area contributed by atoms with Gasteiger partial charge in [-0.25, -0.2) is 0 Å². The summed E-state index contributed by atoms with van der Waals surface area (Å²) in [6.07, 6.45) is 1.68. The van der Waals surface area contributed by atoms with Crippen LogP contribution in [-0.2, 0) is 0 Å². The van der Waals surface area contributed by atoms with E-state index in [4.69, 9.17) is 23.8 Å². The van der Waals surface area contributed by atoms with Crippen LogP contribution in [0.4, 0.5) is 5.69 Å². The number of halogens is 1. The van der Waals surface area contributed by atoms with Crippen LogP contribution < -0.4 is 5.56 Å². The summed E-state index contributed by atoms with van der Waals surface area (Å²) < 4.78 is 0.179. The lowest BCUT2D eigenvalue weighted by Crippen LogP contribution is -2.12. The average molecular weight is 343 g/mol. The van der Waals surface area contributed by atoms with E-state index in [0.29, 0.717) is 16.3 Å². The van der Waals surface area contributed by atoms with Crippen LogP contribution in [0.25, 0.3) is 11.3 Å². The van der Waals surface area contributed by atoms with Crippen molar-refractivity contribution >= 4 is 35.7 Å². The number of rotatable bonds is 3. The minimum atomic E-state index is -0.362. The van der Waals surface area contributed by atoms with Gasteiger partial charge in [0.2, 0.25) is 0 Å². The van der Waals surface area contributed by atoms with Crippen LogP contribution in [0.15, 0.2) is 58.3 Å². The maximum Gasteiger partial charge on any atom is 0.278 e. The van der Waals surface area contributed by atoms with Gasteiger partial charge in [-0.3, -0.25) is 19.9 Å². The third kappa shape index (κ3) is 3.61. The smallest absolute Gasteiger partial charge is 0.278 e. The van der Waals surface area contributed by atoms with Gasteiger partial charge >= 0.3 is 0 Å². The summed E-state index contributed by atoms with van der Waals surface area (Å²) in [4.78, 5) is 19.0. The van der Waals surface area contributed by atoms with Crippen molar-refractivity contribution in [1.82, 2.24) is 15.2 Å². The highest BCUT2D eigenvalue weighted by Crippen LogP contribution is 2.26. The molecule has 1 aromatic heterocycles. The number of nitrogens with one attached hydrogen (secondary N) is 2. The first-order valence-electron chi connectivity index (χ1n) is 6.71. The highest BCUT2D eigenvalue weighted by atomic mass is 35.5. The first-order valence-corrected chi connectivity index (χ1v) is 7.50. The summed E-state index contributed by atoms with van der Waals surface area (Å²) in [5, 5.41) is 7.23. The highest BCUT2D eigenvalue weighted by Gasteiger charge is 2.09. The molecule has 3 aromatic rings. The lowest BCUT2D eigenvalue weighted by molar-refractivity contribution is 0.932. The first-order chi connectivity index (χ1) is 11.1. The SMILES string of the molecule is O=c1[nH]c(=S)[nH]nc1-c1ccccc1N=Cc1cccc(Cl)c1. The van der Waals surface area contributed by atoms with Crippen LogP contribution in [0.1, 0.15) is 5.56 Å². The van der Waals surface area contributed by atoms with Crippen molar-refractivity contribution in [2.75, 3.05) is 0 Å². The fourth-order valence-corrected chi connectivity index (χ4v) is 2.38. The van der Waals surface area contributed by atoms with Crippen LogP contribution in [0, 0.1) is 4.77 Å². The maximum atomic E-state index is 12.0. The van der Waals surface area contributed by atoms with Crippen molar-refractivity contribution in [3.05, 3.63) is 74.2 Å². The van der Waals surface area contributed by atoms with Crippen molar-refractivity contribution in [3.8, 4) is 11.3 Å². The Morgan fingerprint density at radius 1 is 1.17 bits per heavy atom. The molecule has 0 amide bonds. The monoisotopic (exact) mass is 342 g/mol. The zero-order valence-corrected chi connectivity index (χ0v) is 13.4. The van der Waals surface area contributed by atoms with Gasteiger partial charge in [-0.2, -0.15) is 5.10 Å². The summed E-state index contributed by atoms with van der Waals surface area (Å²) >= 11 is 10.8. The van der Waals surface area contributed by atoms with Crippen molar-refractivity contribution in [2.24, 2.45) is 4.99 Å². The Labute approximate surface area is 141 Å². The van der Waals surface area contributed by atoms with Crippen molar-refractivity contribution in [3.63, 3.8) is 0 Å². The molecule has 2 aromatic carbocycles. The molecular weight excluding hydrogens is 332 g/mol. The van der Waals surface area contributed by atoms with Gasteiger partial charge in [-0.1, -0.05) is 41.9 Å². The van der Waals surface area contributed by atoms with E-state index < -0.39 is 0 Å². The molecule has 5 nitrogen and oxygen atoms in total. The van der Waals surface area contributed by atoms with E-state index in [1.165, 1.54) is 0 Å². The third-order valence-corrected chi connectivity index (χ3v) is 3.50. The minimum Gasteiger partial charge on any atom is -0.296 e. The molecule has 114 valence electrons. The van der Waals surface area contributed by atoms with E-state index in [1.807, 2.05) is 24.3 Å². The van der Waals surface area contributed by atoms with Gasteiger partial charge in [0.25, 0.3) is 5.56 Å². The second kappa shape index (κ2) is 6.68. The number of H-pyrrole nitrogens is 2. The molecule has 7 heteroatoms. The summed E-state index contributed by atoms with van der Waals surface area (Å²) in [6, 6.07) is 14.6. The van der Waals surface area contributed by atoms with E-state index in [9.17, 15) is 4.79 Å². The third-order valence-electron chi connectivity index (χ3n) is 3.07. The highest BCUT2D eigenvalue weighted by molar-refractivity contribution is 7.71. The molecular formula is C16H11ClN4OS. The molecule has 3 rings (SSSR count). The van der Waals surface area contributed by atoms with Crippen LogP contribution >= 0.6 is 23.8 Å². The average Bonchev–Trinajstić information content (AvgIpc) is 2.54. The Balaban J connectivity index is 2.04. The largest absolute Gasteiger partial charge is 0.296 e. The van der Waals surface area contributed by atoms with Gasteiger partial charge in [0, 0.05) is 16.8 Å². The molecule has 0 saturated heterocycles. The molecule has 0 aliphatic carbocycles. The standard InChI is InChI=1S/C16H11ClN4OS/c17-11-5-3-4-10(8-11)9-18-13-7-2-1-6-12(13)14-15(22)19-16(23)21-20-14/h1-9H,(H2,19,21,22,23). The zero-order chi connectivity index (χ0) is 16.2. The van der Waals surface area contributed by atoms with Crippen LogP contribution in [0.5, 0.6) is 0 Å². The Bertz CT molecular complexity index is 993. The molecule has 0 saturated carbocycles. The molecule has 1 heterocycles. The van der Waals surface area contributed by atoms with Crippen molar-refractivity contribution in [1.29, 1.82) is 0 Å². The van der Waals surface area contributed by atoms with Crippen LogP contribution in [0.2, 0.25) is 5.02 Å². The van der Waals surface area contributed by atoms with Gasteiger partial charge in [0.15, 0.2) is 10.5 Å². The normalized spacial score (nSPS) is 11.0. The Morgan fingerprint density at radius 3 is 2.78 bits per heavy atom. The molecule has 23 heavy (non-hydrogen) atoms. The van der Waals surface area contributed by atoms with Gasteiger partial charge in [-0.15, -0.1) is 0 Å². The first kappa shape index (κ1) is 15.3. The Kier molecular flexibility index (Phi) is 4.45. The summed E-state index contributed by atoms with van der Waals surface area (Å²) in [5.74, 6) is 0. The van der Waals surface area contributed by atoms with Crippen LogP contribution in [-0.4, -0.2) is 21.4 Å². The fourth-order valence-electron chi connectivity index (χ4n) is 2.05. The molecule has 0 bridgehead atoms. The molecule has 2 N–H and O–H groups in total. The fraction of sp³-hybridized carbons (Fsp3) is 0. The van der Waals surface area contributed by atoms with Gasteiger partial charge in [-0.05, 0) is 36.0 Å². The number of aliphatic imine (C=N–C) groups is 1. The lowest BCUT2D eigenvalue weighted by Gasteiger charge is -2.03. The Hall–Kier alpha value is -2.57. The maximum absolute atomic E-state index is 12.0. The molecule has 0 spiro atoms. The number of aromatic amines is 2. The van der Waals surface area contributed by atoms with E-state index in [-0.39, 0.29) is 16.0 Å². The van der Waals surface area contributed by atoms with Gasteiger partial charge in [0.1, 0.15) is 0 Å². The summed E-state index contributed by atoms with van der Waals surface area (Å²) in [6.45, 7) is 0. The number of nitrogens with zero attached hydrogens (tertiary/aromatic N) is 2. The molecule has 0 atom stereocenters. The summed E-state index contributed by atoms with van der Waals surface area (Å²) in [5.41, 5.74) is 1.97. The number of aromatic nitrogens is 3. The van der Waals surface area contributed by atoms with E-state index in [2.05, 4.69) is 20.2 Å². The number of hydrogen-bond donors (Lipinski definition) is 2. The van der Waals surface area contributed by atoms with Crippen LogP contribution in [0.3, 0.4) is 0 Å². The van der Waals surface area contributed by atoms with E-state index in [1.54, 1.807) is 30.5 Å². The molecule has 0 aliphatic heterocycles. The van der Waals surface area contributed by atoms with E-state index >= 15 is 0 Å². The van der Waals surface area contributed by atoms with E-state index in [0.717, 1.165) is 5.56 Å². The molecule has 0 aliphatic rings. The molecule has 0 fully saturated rings. The molecule has 0 unspecified atom stereocenters. The number of hydrogen-bond acceptors (Lipinski definition) is 4. The van der Waals surface area contributed by atoms with Gasteiger partial charge in [0.05, 0.1) is 5.69 Å². The number of benzene rings is 2. The van der Waals surface area contributed by atoms with Gasteiger partial charge < -0.3 is 0 Å². The topological polar surface area (TPSA) is 73.9 Å². The van der Waals surface area contributed by atoms with Crippen molar-refractivity contribution in [2.45, 2.75) is 0 Å². The second-order valence-electron chi connectivity index (χ2n) is 4.69. The second-order valence-corrected chi connectivity index (χ2v) is 5.53. The quantitative estimate of drug-likeness (QED) is 0.560. The predicted octanol–water partition coefficient (Wildman–Crippen LogP) is 3.90. The predicted molar refractivity (Wildman–Crippen MR) is 94.2 cm³/mol. The molecule has 0 radical (unpaired) electrons. The lowest BCUT2D eigenvalue weighted by atomic mass is 10.1. The summed E-state index contributed by atoms with van der Waals surface area (Å²) in [7, 11) is 0. The minimum absolute atomic E-state index is 0.179. The number of para-hydroxylation sites is 1. The van der Waals surface area contributed by atoms with Crippen molar-refractivity contribution < 1.29 is 0 Å². The Morgan fingerprint density at radius 2 is 2.00 bits per heavy atom.